The molecule has 0 aliphatic carbocycles. The molecule has 6 nitrogen and oxygen atoms in total. The van der Waals surface area contributed by atoms with E-state index in [-0.39, 0.29) is 29.8 Å². The minimum Gasteiger partial charge on any atom is -0.356 e. The third-order valence-corrected chi connectivity index (χ3v) is 3.52. The number of rotatable bonds is 5. The number of hydrogen-bond acceptors (Lipinski definition) is 3. The van der Waals surface area contributed by atoms with E-state index in [0.29, 0.717) is 16.3 Å². The fourth-order valence-electron chi connectivity index (χ4n) is 1.97. The second-order valence-electron chi connectivity index (χ2n) is 5.05. The van der Waals surface area contributed by atoms with Gasteiger partial charge in [0, 0.05) is 18.8 Å². The normalized spacial score (nSPS) is 10.2. The molecule has 0 aliphatic rings. The molecule has 2 N–H and O–H groups in total. The van der Waals surface area contributed by atoms with Crippen molar-refractivity contribution >= 4 is 34.9 Å². The van der Waals surface area contributed by atoms with Crippen LogP contribution in [0, 0.1) is 0 Å². The van der Waals surface area contributed by atoms with Gasteiger partial charge in [0.1, 0.15) is 5.69 Å². The van der Waals surface area contributed by atoms with Gasteiger partial charge in [0.15, 0.2) is 5.78 Å². The topological polar surface area (TPSA) is 82.3 Å². The Labute approximate surface area is 138 Å². The van der Waals surface area contributed by atoms with E-state index in [2.05, 4.69) is 10.3 Å². The van der Waals surface area contributed by atoms with Gasteiger partial charge in [-0.3, -0.25) is 14.4 Å². The maximum atomic E-state index is 12.2. The lowest BCUT2D eigenvalue weighted by Crippen LogP contribution is -2.35. The van der Waals surface area contributed by atoms with Crippen LogP contribution >= 0.6 is 11.6 Å². The zero-order valence-corrected chi connectivity index (χ0v) is 13.5. The summed E-state index contributed by atoms with van der Waals surface area (Å²) < 4.78 is 0. The van der Waals surface area contributed by atoms with Crippen LogP contribution in [0.15, 0.2) is 36.5 Å². The minimum atomic E-state index is -0.383. The molecule has 0 fully saturated rings. The van der Waals surface area contributed by atoms with Gasteiger partial charge in [0.25, 0.3) is 5.91 Å². The number of aromatic amines is 1. The Morgan fingerprint density at radius 2 is 1.96 bits per heavy atom. The molecule has 0 aliphatic heterocycles. The van der Waals surface area contributed by atoms with Crippen molar-refractivity contribution in [1.82, 2.24) is 9.88 Å². The number of halogens is 1. The second kappa shape index (κ2) is 7.11. The van der Waals surface area contributed by atoms with Crippen LogP contribution in [0.4, 0.5) is 5.69 Å². The third kappa shape index (κ3) is 4.20. The van der Waals surface area contributed by atoms with E-state index in [4.69, 9.17) is 11.6 Å². The quantitative estimate of drug-likeness (QED) is 0.825. The summed E-state index contributed by atoms with van der Waals surface area (Å²) in [4.78, 5) is 39.4. The number of H-pyrrole nitrogens is 1. The average Bonchev–Trinajstić information content (AvgIpc) is 2.98. The number of likely N-dealkylation sites (N-methyl/N-ethyl adjacent to an activating group) is 1. The van der Waals surface area contributed by atoms with Crippen molar-refractivity contribution in [3.63, 3.8) is 0 Å². The summed E-state index contributed by atoms with van der Waals surface area (Å²) in [5.41, 5.74) is 1.16. The number of aromatic nitrogens is 1. The van der Waals surface area contributed by atoms with Gasteiger partial charge < -0.3 is 15.2 Å². The fourth-order valence-corrected chi connectivity index (χ4v) is 2.15. The molecule has 1 aromatic carbocycles. The third-order valence-electron chi connectivity index (χ3n) is 3.20. The van der Waals surface area contributed by atoms with E-state index in [1.54, 1.807) is 24.3 Å². The summed E-state index contributed by atoms with van der Waals surface area (Å²) in [5.74, 6) is -0.890. The van der Waals surface area contributed by atoms with Gasteiger partial charge in [-0.05, 0) is 25.1 Å². The van der Waals surface area contributed by atoms with Crippen LogP contribution in [0.5, 0.6) is 0 Å². The highest BCUT2D eigenvalue weighted by molar-refractivity contribution is 6.33. The fraction of sp³-hybridized carbons (Fsp3) is 0.188. The molecule has 120 valence electrons. The Balaban J connectivity index is 1.98. The van der Waals surface area contributed by atoms with Crippen LogP contribution in [0.1, 0.15) is 27.8 Å². The van der Waals surface area contributed by atoms with E-state index in [1.807, 2.05) is 0 Å². The molecule has 1 heterocycles. The number of hydrogen-bond donors (Lipinski definition) is 2. The molecule has 0 radical (unpaired) electrons. The van der Waals surface area contributed by atoms with Crippen LogP contribution < -0.4 is 5.32 Å². The number of nitrogens with zero attached hydrogens (tertiary/aromatic N) is 1. The van der Waals surface area contributed by atoms with Gasteiger partial charge in [-0.25, -0.2) is 0 Å². The molecule has 2 aromatic rings. The molecule has 0 saturated heterocycles. The first-order valence-corrected chi connectivity index (χ1v) is 7.25. The summed E-state index contributed by atoms with van der Waals surface area (Å²) in [5, 5.41) is 3.06. The molecule has 0 spiro atoms. The number of carbonyl (C=O) groups excluding carboxylic acids is 3. The highest BCUT2D eigenvalue weighted by Gasteiger charge is 2.17. The lowest BCUT2D eigenvalue weighted by Gasteiger charge is -2.16. The maximum absolute atomic E-state index is 12.2. The van der Waals surface area contributed by atoms with E-state index < -0.39 is 0 Å². The monoisotopic (exact) mass is 333 g/mol. The van der Waals surface area contributed by atoms with Crippen LogP contribution in [-0.2, 0) is 4.79 Å². The highest BCUT2D eigenvalue weighted by atomic mass is 35.5. The van der Waals surface area contributed by atoms with Gasteiger partial charge >= 0.3 is 0 Å². The molecule has 2 amide bonds. The van der Waals surface area contributed by atoms with Gasteiger partial charge in [-0.2, -0.15) is 0 Å². The summed E-state index contributed by atoms with van der Waals surface area (Å²) in [7, 11) is 1.50. The first-order valence-electron chi connectivity index (χ1n) is 6.87. The SMILES string of the molecule is CC(=O)c1c[nH]c(C(=O)N(C)CC(=O)Nc2ccccc2Cl)c1. The second-order valence-corrected chi connectivity index (χ2v) is 5.45. The number of nitrogens with one attached hydrogen (secondary N) is 2. The Morgan fingerprint density at radius 1 is 1.26 bits per heavy atom. The molecule has 1 aromatic heterocycles. The summed E-state index contributed by atoms with van der Waals surface area (Å²) >= 11 is 5.96. The van der Waals surface area contributed by atoms with Gasteiger partial charge in [-0.15, -0.1) is 0 Å². The molecular weight excluding hydrogens is 318 g/mol. The summed E-state index contributed by atoms with van der Waals surface area (Å²) in [6.07, 6.45) is 1.47. The van der Waals surface area contributed by atoms with Crippen LogP contribution in [0.2, 0.25) is 5.02 Å². The average molecular weight is 334 g/mol. The van der Waals surface area contributed by atoms with Crippen molar-refractivity contribution in [3.8, 4) is 0 Å². The van der Waals surface area contributed by atoms with Gasteiger partial charge in [-0.1, -0.05) is 23.7 Å². The Morgan fingerprint density at radius 3 is 2.57 bits per heavy atom. The van der Waals surface area contributed by atoms with E-state index >= 15 is 0 Å². The maximum Gasteiger partial charge on any atom is 0.270 e. The zero-order chi connectivity index (χ0) is 17.0. The smallest absolute Gasteiger partial charge is 0.270 e. The number of anilines is 1. The highest BCUT2D eigenvalue weighted by Crippen LogP contribution is 2.20. The van der Waals surface area contributed by atoms with Crippen LogP contribution in [0.25, 0.3) is 0 Å². The molecule has 0 saturated carbocycles. The number of amides is 2. The molecule has 2 rings (SSSR count). The van der Waals surface area contributed by atoms with Crippen molar-refractivity contribution < 1.29 is 14.4 Å². The Hall–Kier alpha value is -2.60. The molecule has 0 unspecified atom stereocenters. The van der Waals surface area contributed by atoms with E-state index in [9.17, 15) is 14.4 Å². The minimum absolute atomic E-state index is 0.139. The molecule has 0 atom stereocenters. The summed E-state index contributed by atoms with van der Waals surface area (Å²) in [6, 6.07) is 8.30. The van der Waals surface area contributed by atoms with Crippen molar-refractivity contribution in [1.29, 1.82) is 0 Å². The summed E-state index contributed by atoms with van der Waals surface area (Å²) in [6.45, 7) is 1.27. The first-order chi connectivity index (χ1) is 10.9. The molecule has 23 heavy (non-hydrogen) atoms. The number of para-hydroxylation sites is 1. The Kier molecular flexibility index (Phi) is 5.18. The largest absolute Gasteiger partial charge is 0.356 e. The van der Waals surface area contributed by atoms with Crippen molar-refractivity contribution in [2.75, 3.05) is 18.9 Å². The first kappa shape index (κ1) is 16.8. The molecular formula is C16H16ClN3O3. The van der Waals surface area contributed by atoms with Crippen LogP contribution in [-0.4, -0.2) is 41.1 Å². The van der Waals surface area contributed by atoms with Crippen molar-refractivity contribution in [2.24, 2.45) is 0 Å². The predicted octanol–water partition coefficient (Wildman–Crippen LogP) is 2.58. The zero-order valence-electron chi connectivity index (χ0n) is 12.7. The predicted molar refractivity (Wildman–Crippen MR) is 87.8 cm³/mol. The molecule has 7 heteroatoms. The number of carbonyl (C=O) groups is 3. The van der Waals surface area contributed by atoms with Gasteiger partial charge in [0.2, 0.25) is 5.91 Å². The number of ketones is 1. The van der Waals surface area contributed by atoms with E-state index in [1.165, 1.54) is 31.1 Å². The van der Waals surface area contributed by atoms with Crippen molar-refractivity contribution in [3.05, 3.63) is 52.8 Å². The number of Topliss-reactive ketones (excluding diaryl/α,β-unsaturated/α-hetero) is 1. The van der Waals surface area contributed by atoms with Gasteiger partial charge in [0.05, 0.1) is 17.3 Å². The standard InChI is InChI=1S/C16H16ClN3O3/c1-10(21)11-7-14(18-8-11)16(23)20(2)9-15(22)19-13-6-4-3-5-12(13)17/h3-8,18H,9H2,1-2H3,(H,19,22). The Bertz CT molecular complexity index is 755. The number of benzene rings is 1. The lowest BCUT2D eigenvalue weighted by molar-refractivity contribution is -0.116. The van der Waals surface area contributed by atoms with E-state index in [0.717, 1.165) is 0 Å². The van der Waals surface area contributed by atoms with Crippen molar-refractivity contribution in [2.45, 2.75) is 6.92 Å². The lowest BCUT2D eigenvalue weighted by atomic mass is 10.2. The van der Waals surface area contributed by atoms with Crippen LogP contribution in [0.3, 0.4) is 0 Å². The molecule has 0 bridgehead atoms.